The molecule has 114 valence electrons. The van der Waals surface area contributed by atoms with E-state index in [9.17, 15) is 4.39 Å². The fraction of sp³-hybridized carbons (Fsp3) is 0.400. The molecule has 6 heteroatoms. The monoisotopic (exact) mass is 311 g/mol. The minimum atomic E-state index is -0.356. The largest absolute Gasteiger partial charge is 0.493 e. The average molecular weight is 312 g/mol. The number of rotatable bonds is 6. The van der Waals surface area contributed by atoms with Crippen molar-refractivity contribution >= 4 is 11.6 Å². The molecule has 0 aliphatic rings. The topological polar surface area (TPSA) is 53.1 Å². The van der Waals surface area contributed by atoms with E-state index in [-0.39, 0.29) is 11.9 Å². The molecule has 1 aromatic carbocycles. The number of nitrogens with zero attached hydrogens (tertiary/aromatic N) is 2. The number of benzene rings is 1. The van der Waals surface area contributed by atoms with Crippen LogP contribution in [0.2, 0.25) is 5.02 Å². The molecule has 4 nitrogen and oxygen atoms in total. The van der Waals surface area contributed by atoms with Crippen LogP contribution in [0.25, 0.3) is 0 Å². The van der Waals surface area contributed by atoms with Gasteiger partial charge >= 0.3 is 0 Å². The van der Waals surface area contributed by atoms with E-state index >= 15 is 0 Å². The van der Waals surface area contributed by atoms with Crippen LogP contribution in [0.15, 0.2) is 24.4 Å². The summed E-state index contributed by atoms with van der Waals surface area (Å²) in [5.74, 6) is 0.306. The highest BCUT2D eigenvalue weighted by Crippen LogP contribution is 2.28. The van der Waals surface area contributed by atoms with Crippen LogP contribution in [0.3, 0.4) is 0 Å². The lowest BCUT2D eigenvalue weighted by molar-refractivity contribution is 0.400. The van der Waals surface area contributed by atoms with Crippen molar-refractivity contribution in [3.8, 4) is 5.75 Å². The lowest BCUT2D eigenvalue weighted by atomic mass is 10.0. The van der Waals surface area contributed by atoms with E-state index in [0.29, 0.717) is 17.2 Å². The molecule has 1 aromatic heterocycles. The first-order valence-corrected chi connectivity index (χ1v) is 7.23. The van der Waals surface area contributed by atoms with Crippen molar-refractivity contribution < 1.29 is 9.13 Å². The second-order valence-electron chi connectivity index (χ2n) is 4.87. The number of hydrogen-bond acceptors (Lipinski definition) is 3. The minimum Gasteiger partial charge on any atom is -0.493 e. The maximum absolute atomic E-state index is 13.1. The van der Waals surface area contributed by atoms with Gasteiger partial charge < -0.3 is 10.5 Å². The molecule has 0 radical (unpaired) electrons. The third kappa shape index (κ3) is 3.54. The third-order valence-corrected chi connectivity index (χ3v) is 3.66. The minimum absolute atomic E-state index is 0.322. The zero-order valence-electron chi connectivity index (χ0n) is 12.1. The molecule has 0 aliphatic heterocycles. The predicted octanol–water partition coefficient (Wildman–Crippen LogP) is 3.34. The second kappa shape index (κ2) is 6.91. The van der Waals surface area contributed by atoms with Crippen LogP contribution < -0.4 is 10.5 Å². The lowest BCUT2D eigenvalue weighted by Gasteiger charge is -2.16. The van der Waals surface area contributed by atoms with Gasteiger partial charge in [-0.2, -0.15) is 5.10 Å². The molecule has 0 spiro atoms. The average Bonchev–Trinajstić information content (AvgIpc) is 2.85. The summed E-state index contributed by atoms with van der Waals surface area (Å²) in [6, 6.07) is 4.01. The number of hydrogen-bond donors (Lipinski definition) is 1. The van der Waals surface area contributed by atoms with Gasteiger partial charge in [-0.15, -0.1) is 0 Å². The number of halogens is 2. The Morgan fingerprint density at radius 3 is 2.86 bits per heavy atom. The smallest absolute Gasteiger partial charge is 0.161 e. The predicted molar refractivity (Wildman–Crippen MR) is 81.1 cm³/mol. The molecule has 0 fully saturated rings. The first-order chi connectivity index (χ1) is 10.1. The maximum atomic E-state index is 13.1. The van der Waals surface area contributed by atoms with Crippen LogP contribution in [-0.2, 0) is 13.0 Å². The number of methoxy groups -OCH3 is 1. The first-order valence-electron chi connectivity index (χ1n) is 6.86. The van der Waals surface area contributed by atoms with E-state index in [0.717, 1.165) is 24.2 Å². The van der Waals surface area contributed by atoms with Crippen molar-refractivity contribution in [3.63, 3.8) is 0 Å². The van der Waals surface area contributed by atoms with Crippen molar-refractivity contribution in [3.05, 3.63) is 46.5 Å². The van der Waals surface area contributed by atoms with Gasteiger partial charge in [0.1, 0.15) is 5.82 Å². The van der Waals surface area contributed by atoms with Crippen molar-refractivity contribution in [1.82, 2.24) is 9.78 Å². The standard InChI is InChI=1S/C15H19ClFN3O/c1-3-6-20-15(14(21-2)9-19-20)13(18)7-10-4-5-11(17)8-12(10)16/h4-5,8-9,13H,3,6-7,18H2,1-2H3. The molecule has 0 bridgehead atoms. The summed E-state index contributed by atoms with van der Waals surface area (Å²) in [5.41, 5.74) is 7.93. The van der Waals surface area contributed by atoms with Gasteiger partial charge in [0.15, 0.2) is 5.75 Å². The van der Waals surface area contributed by atoms with E-state index in [1.165, 1.54) is 12.1 Å². The van der Waals surface area contributed by atoms with Gasteiger partial charge in [0.2, 0.25) is 0 Å². The molecule has 0 saturated heterocycles. The quantitative estimate of drug-likeness (QED) is 0.890. The summed E-state index contributed by atoms with van der Waals surface area (Å²) < 4.78 is 20.3. The van der Waals surface area contributed by atoms with Crippen LogP contribution in [0.5, 0.6) is 5.75 Å². The Bertz CT molecular complexity index is 615. The molecular weight excluding hydrogens is 293 g/mol. The summed E-state index contributed by atoms with van der Waals surface area (Å²) in [7, 11) is 1.59. The normalized spacial score (nSPS) is 12.4. The molecule has 0 saturated carbocycles. The van der Waals surface area contributed by atoms with Gasteiger partial charge in [0, 0.05) is 11.6 Å². The highest BCUT2D eigenvalue weighted by Gasteiger charge is 2.20. The fourth-order valence-corrected chi connectivity index (χ4v) is 2.56. The lowest BCUT2D eigenvalue weighted by Crippen LogP contribution is -2.19. The molecular formula is C15H19ClFN3O. The molecule has 21 heavy (non-hydrogen) atoms. The molecule has 0 aliphatic carbocycles. The summed E-state index contributed by atoms with van der Waals surface area (Å²) in [6.45, 7) is 2.84. The van der Waals surface area contributed by atoms with Gasteiger partial charge in [-0.25, -0.2) is 4.39 Å². The fourth-order valence-electron chi connectivity index (χ4n) is 2.32. The first kappa shape index (κ1) is 15.8. The van der Waals surface area contributed by atoms with Gasteiger partial charge in [0.05, 0.1) is 25.0 Å². The van der Waals surface area contributed by atoms with Gasteiger partial charge in [-0.05, 0) is 30.5 Å². The number of ether oxygens (including phenoxy) is 1. The molecule has 0 amide bonds. The highest BCUT2D eigenvalue weighted by molar-refractivity contribution is 6.31. The molecule has 2 aromatic rings. The Kier molecular flexibility index (Phi) is 5.20. The maximum Gasteiger partial charge on any atom is 0.161 e. The zero-order chi connectivity index (χ0) is 15.4. The Labute approximate surface area is 128 Å². The Balaban J connectivity index is 2.27. The van der Waals surface area contributed by atoms with Gasteiger partial charge in [-0.1, -0.05) is 24.6 Å². The molecule has 2 rings (SSSR count). The van der Waals surface area contributed by atoms with Crippen LogP contribution in [-0.4, -0.2) is 16.9 Å². The second-order valence-corrected chi connectivity index (χ2v) is 5.27. The van der Waals surface area contributed by atoms with Gasteiger partial charge in [-0.3, -0.25) is 4.68 Å². The van der Waals surface area contributed by atoms with Crippen molar-refractivity contribution in [2.45, 2.75) is 32.4 Å². The summed E-state index contributed by atoms with van der Waals surface area (Å²) in [4.78, 5) is 0. The summed E-state index contributed by atoms with van der Waals surface area (Å²) in [5, 5.41) is 4.68. The molecule has 2 N–H and O–H groups in total. The molecule has 1 atom stereocenters. The van der Waals surface area contributed by atoms with Crippen LogP contribution in [0.4, 0.5) is 4.39 Å². The highest BCUT2D eigenvalue weighted by atomic mass is 35.5. The Hall–Kier alpha value is -1.59. The Morgan fingerprint density at radius 1 is 1.48 bits per heavy atom. The van der Waals surface area contributed by atoms with E-state index in [2.05, 4.69) is 12.0 Å². The molecule has 1 unspecified atom stereocenters. The molecule has 1 heterocycles. The van der Waals surface area contributed by atoms with Crippen molar-refractivity contribution in [2.24, 2.45) is 5.73 Å². The van der Waals surface area contributed by atoms with Crippen LogP contribution >= 0.6 is 11.6 Å². The Morgan fingerprint density at radius 2 is 2.24 bits per heavy atom. The van der Waals surface area contributed by atoms with E-state index in [4.69, 9.17) is 22.1 Å². The van der Waals surface area contributed by atoms with Crippen LogP contribution in [0.1, 0.15) is 30.6 Å². The SMILES string of the molecule is CCCn1ncc(OC)c1C(N)Cc1ccc(F)cc1Cl. The third-order valence-electron chi connectivity index (χ3n) is 3.31. The van der Waals surface area contributed by atoms with Crippen LogP contribution in [0, 0.1) is 5.82 Å². The van der Waals surface area contributed by atoms with Gasteiger partial charge in [0.25, 0.3) is 0 Å². The zero-order valence-corrected chi connectivity index (χ0v) is 12.9. The van der Waals surface area contributed by atoms with Crippen molar-refractivity contribution in [2.75, 3.05) is 7.11 Å². The summed E-state index contributed by atoms with van der Waals surface area (Å²) in [6.07, 6.45) is 3.10. The van der Waals surface area contributed by atoms with E-state index < -0.39 is 0 Å². The number of nitrogens with two attached hydrogens (primary N) is 1. The summed E-state index contributed by atoms with van der Waals surface area (Å²) >= 11 is 6.06. The van der Waals surface area contributed by atoms with E-state index in [1.807, 2.05) is 4.68 Å². The van der Waals surface area contributed by atoms with E-state index in [1.54, 1.807) is 19.4 Å². The van der Waals surface area contributed by atoms with Crippen molar-refractivity contribution in [1.29, 1.82) is 0 Å². The number of aromatic nitrogens is 2. The number of aryl methyl sites for hydroxylation is 1.